The third-order valence-electron chi connectivity index (χ3n) is 1.41. The van der Waals surface area contributed by atoms with E-state index in [9.17, 15) is 22.6 Å². The first kappa shape index (κ1) is 10.2. The molecule has 1 atom stereocenters. The Labute approximate surface area is 72.9 Å². The van der Waals surface area contributed by atoms with Crippen LogP contribution in [0.4, 0.5) is 13.2 Å². The summed E-state index contributed by atoms with van der Waals surface area (Å²) >= 11 is 0. The van der Waals surface area contributed by atoms with Crippen molar-refractivity contribution in [1.29, 1.82) is 0 Å². The van der Waals surface area contributed by atoms with Crippen LogP contribution in [0.3, 0.4) is 0 Å². The molecule has 1 aromatic rings. The van der Waals surface area contributed by atoms with Crippen LogP contribution in [0, 0.1) is 0 Å². The zero-order valence-electron chi connectivity index (χ0n) is 6.21. The Morgan fingerprint density at radius 2 is 1.62 bits per heavy atom. The number of benzene rings is 1. The molecule has 0 radical (unpaired) electrons. The van der Waals surface area contributed by atoms with Crippen molar-refractivity contribution in [3.63, 3.8) is 0 Å². The number of alkyl halides is 3. The van der Waals surface area contributed by atoms with E-state index in [0.717, 1.165) is 24.3 Å². The van der Waals surface area contributed by atoms with Crippen LogP contribution >= 0.6 is 8.03 Å². The third kappa shape index (κ3) is 2.50. The molecule has 1 aromatic carbocycles. The number of rotatable bonds is 1. The summed E-state index contributed by atoms with van der Waals surface area (Å²) in [6, 6.07) is 3.32. The zero-order chi connectivity index (χ0) is 10.1. The fourth-order valence-corrected chi connectivity index (χ4v) is 1.16. The average molecular weight is 208 g/mol. The Bertz CT molecular complexity index is 318. The summed E-state index contributed by atoms with van der Waals surface area (Å²) in [5, 5.41) is -0.122. The molecule has 70 valence electrons. The molecule has 0 aromatic heterocycles. The van der Waals surface area contributed by atoms with Crippen molar-refractivity contribution in [3.05, 3.63) is 29.8 Å². The van der Waals surface area contributed by atoms with Gasteiger partial charge in [-0.1, -0.05) is 4.57 Å². The van der Waals surface area contributed by atoms with Crippen molar-refractivity contribution < 1.29 is 22.6 Å². The van der Waals surface area contributed by atoms with E-state index in [1.165, 1.54) is 0 Å². The number of hydrogen-bond donors (Lipinski definition) is 0. The molecule has 0 amide bonds. The maximum atomic E-state index is 12.0. The highest BCUT2D eigenvalue weighted by Gasteiger charge is 2.30. The molecular formula is C7H4F3O2P. The van der Waals surface area contributed by atoms with E-state index in [4.69, 9.17) is 0 Å². The lowest BCUT2D eigenvalue weighted by atomic mass is 10.2. The monoisotopic (exact) mass is 208 g/mol. The van der Waals surface area contributed by atoms with Crippen molar-refractivity contribution >= 4 is 13.3 Å². The van der Waals surface area contributed by atoms with Crippen LogP contribution < -0.4 is 10.2 Å². The van der Waals surface area contributed by atoms with Crippen LogP contribution in [0.2, 0.25) is 0 Å². The number of hydrogen-bond acceptors (Lipinski definition) is 2. The molecular weight excluding hydrogens is 204 g/mol. The van der Waals surface area contributed by atoms with Crippen LogP contribution in [0.5, 0.6) is 0 Å². The molecule has 0 saturated carbocycles. The minimum Gasteiger partial charge on any atom is -0.591 e. The Balaban J connectivity index is 3.01. The van der Waals surface area contributed by atoms with Crippen LogP contribution in [0.15, 0.2) is 24.3 Å². The zero-order valence-corrected chi connectivity index (χ0v) is 7.10. The molecule has 13 heavy (non-hydrogen) atoms. The highest BCUT2D eigenvalue weighted by atomic mass is 31.1. The molecule has 0 bridgehead atoms. The Kier molecular flexibility index (Phi) is 2.68. The van der Waals surface area contributed by atoms with Gasteiger partial charge in [0.1, 0.15) is 0 Å². The summed E-state index contributed by atoms with van der Waals surface area (Å²) in [5.74, 6) is 0. The molecule has 0 saturated heterocycles. The minimum absolute atomic E-state index is 0.122. The van der Waals surface area contributed by atoms with Gasteiger partial charge < -0.3 is 4.89 Å². The summed E-state index contributed by atoms with van der Waals surface area (Å²) in [6.07, 6.45) is -4.42. The second-order valence-corrected chi connectivity index (χ2v) is 3.33. The largest absolute Gasteiger partial charge is 0.591 e. The summed E-state index contributed by atoms with van der Waals surface area (Å²) in [4.78, 5) is 10.3. The molecule has 0 aliphatic carbocycles. The molecule has 0 spiro atoms. The average Bonchev–Trinajstić information content (AvgIpc) is 2.03. The van der Waals surface area contributed by atoms with Gasteiger partial charge in [0.05, 0.1) is 5.56 Å². The van der Waals surface area contributed by atoms with Crippen LogP contribution in [0.1, 0.15) is 5.56 Å². The molecule has 0 fully saturated rings. The summed E-state index contributed by atoms with van der Waals surface area (Å²) in [6.45, 7) is 0. The van der Waals surface area contributed by atoms with Crippen molar-refractivity contribution in [2.45, 2.75) is 6.18 Å². The smallest absolute Gasteiger partial charge is 0.416 e. The van der Waals surface area contributed by atoms with E-state index in [0.29, 0.717) is 0 Å². The topological polar surface area (TPSA) is 40.1 Å². The maximum Gasteiger partial charge on any atom is 0.416 e. The molecule has 1 unspecified atom stereocenters. The fourth-order valence-electron chi connectivity index (χ4n) is 0.772. The molecule has 1 rings (SSSR count). The quantitative estimate of drug-likeness (QED) is 0.655. The summed E-state index contributed by atoms with van der Waals surface area (Å²) in [5.41, 5.74) is -0.854. The molecule has 0 N–H and O–H groups in total. The van der Waals surface area contributed by atoms with E-state index in [2.05, 4.69) is 0 Å². The van der Waals surface area contributed by atoms with Crippen molar-refractivity contribution in [2.24, 2.45) is 0 Å². The lowest BCUT2D eigenvalue weighted by Crippen LogP contribution is -2.09. The van der Waals surface area contributed by atoms with Gasteiger partial charge in [-0.15, -0.1) is 0 Å². The van der Waals surface area contributed by atoms with Crippen LogP contribution in [-0.4, -0.2) is 0 Å². The fraction of sp³-hybridized carbons (Fsp3) is 0.143. The van der Waals surface area contributed by atoms with Gasteiger partial charge in [-0.25, -0.2) is 0 Å². The summed E-state index contributed by atoms with van der Waals surface area (Å²) < 4.78 is 46.2. The molecule has 0 aliphatic rings. The maximum absolute atomic E-state index is 12.0. The van der Waals surface area contributed by atoms with Gasteiger partial charge in [0.2, 0.25) is 0 Å². The van der Waals surface area contributed by atoms with Gasteiger partial charge >= 0.3 is 14.2 Å². The van der Waals surface area contributed by atoms with Gasteiger partial charge in [0, 0.05) is 0 Å². The van der Waals surface area contributed by atoms with Crippen LogP contribution in [0.25, 0.3) is 0 Å². The van der Waals surface area contributed by atoms with E-state index >= 15 is 0 Å². The highest BCUT2D eigenvalue weighted by molar-refractivity contribution is 7.45. The Morgan fingerprint density at radius 1 is 1.15 bits per heavy atom. The second kappa shape index (κ2) is 3.44. The SMILES string of the molecule is O=[P+]([O-])c1ccc(C(F)(F)F)cc1. The molecule has 0 aliphatic heterocycles. The van der Waals surface area contributed by atoms with Crippen LogP contribution in [-0.2, 0) is 10.7 Å². The van der Waals surface area contributed by atoms with Gasteiger partial charge in [0.15, 0.2) is 5.30 Å². The first-order valence-electron chi connectivity index (χ1n) is 3.23. The van der Waals surface area contributed by atoms with Gasteiger partial charge in [0.25, 0.3) is 0 Å². The van der Waals surface area contributed by atoms with Gasteiger partial charge in [-0.05, 0) is 24.3 Å². The predicted molar refractivity (Wildman–Crippen MR) is 38.7 cm³/mol. The summed E-state index contributed by atoms with van der Waals surface area (Å²) in [7, 11) is -2.81. The van der Waals surface area contributed by atoms with Crippen molar-refractivity contribution in [1.82, 2.24) is 0 Å². The second-order valence-electron chi connectivity index (χ2n) is 2.30. The lowest BCUT2D eigenvalue weighted by molar-refractivity contribution is -0.160. The molecule has 2 nitrogen and oxygen atoms in total. The van der Waals surface area contributed by atoms with E-state index < -0.39 is 19.8 Å². The van der Waals surface area contributed by atoms with E-state index in [1.54, 1.807) is 0 Å². The first-order chi connectivity index (χ1) is 5.91. The third-order valence-corrected chi connectivity index (χ3v) is 2.13. The molecule has 0 heterocycles. The van der Waals surface area contributed by atoms with Crippen molar-refractivity contribution in [2.75, 3.05) is 0 Å². The standard InChI is InChI=1S/C7H4F3O2P/c8-7(9,10)5-1-3-6(4-2-5)13(11)12/h1-4H. The highest BCUT2D eigenvalue weighted by Crippen LogP contribution is 2.28. The van der Waals surface area contributed by atoms with Crippen molar-refractivity contribution in [3.8, 4) is 0 Å². The predicted octanol–water partition coefficient (Wildman–Crippen LogP) is 1.43. The normalized spacial score (nSPS) is 12.8. The Morgan fingerprint density at radius 3 is 1.92 bits per heavy atom. The van der Waals surface area contributed by atoms with Gasteiger partial charge in [-0.2, -0.15) is 13.2 Å². The van der Waals surface area contributed by atoms with Gasteiger partial charge in [-0.3, -0.25) is 0 Å². The molecule has 6 heteroatoms. The number of halogens is 3. The lowest BCUT2D eigenvalue weighted by Gasteiger charge is -2.04. The first-order valence-corrected chi connectivity index (χ1v) is 4.40. The minimum atomic E-state index is -4.42. The van der Waals surface area contributed by atoms with E-state index in [-0.39, 0.29) is 5.30 Å². The van der Waals surface area contributed by atoms with E-state index in [1.807, 2.05) is 0 Å². The Hall–Kier alpha value is -0.930.